The third kappa shape index (κ3) is 0.881. The first-order valence-corrected chi connectivity index (χ1v) is 3.86. The second-order valence-corrected chi connectivity index (χ2v) is 3.05. The highest BCUT2D eigenvalue weighted by Gasteiger charge is 2.04. The van der Waals surface area contributed by atoms with Gasteiger partial charge in [-0.25, -0.2) is 0 Å². The largest absolute Gasteiger partial charge is 0.508 e. The fraction of sp³-hybridized carbons (Fsp3) is 0.200. The van der Waals surface area contributed by atoms with E-state index >= 15 is 0 Å². The van der Waals surface area contributed by atoms with Crippen LogP contribution in [0, 0.1) is 13.8 Å². The van der Waals surface area contributed by atoms with Crippen LogP contribution in [0.1, 0.15) is 11.1 Å². The molecule has 0 aliphatic rings. The molecule has 2 aromatic rings. The van der Waals surface area contributed by atoms with Gasteiger partial charge in [-0.05, 0) is 37.1 Å². The maximum atomic E-state index is 9.42. The summed E-state index contributed by atoms with van der Waals surface area (Å²) in [6.07, 6.45) is 1.70. The van der Waals surface area contributed by atoms with Crippen molar-refractivity contribution in [3.8, 4) is 5.75 Å². The first kappa shape index (κ1) is 7.22. The first-order valence-electron chi connectivity index (χ1n) is 3.86. The lowest BCUT2D eigenvalue weighted by molar-refractivity contribution is 0.471. The summed E-state index contributed by atoms with van der Waals surface area (Å²) in [5.74, 6) is 0.326. The van der Waals surface area contributed by atoms with Crippen LogP contribution in [0.4, 0.5) is 0 Å². The van der Waals surface area contributed by atoms with Crippen molar-refractivity contribution in [1.29, 1.82) is 0 Å². The Balaban J connectivity index is 2.87. The molecule has 0 bridgehead atoms. The molecule has 1 N–H and O–H groups in total. The number of hydrogen-bond acceptors (Lipinski definition) is 2. The van der Waals surface area contributed by atoms with E-state index in [1.165, 1.54) is 0 Å². The van der Waals surface area contributed by atoms with Gasteiger partial charge >= 0.3 is 0 Å². The molecule has 0 aliphatic carbocycles. The van der Waals surface area contributed by atoms with Crippen molar-refractivity contribution in [2.24, 2.45) is 0 Å². The van der Waals surface area contributed by atoms with E-state index in [4.69, 9.17) is 4.42 Å². The SMILES string of the molecule is Cc1cc2occ(C)c2cc1O. The quantitative estimate of drug-likeness (QED) is 0.646. The van der Waals surface area contributed by atoms with Crippen LogP contribution in [-0.2, 0) is 0 Å². The number of aryl methyl sites for hydroxylation is 2. The molecule has 12 heavy (non-hydrogen) atoms. The summed E-state index contributed by atoms with van der Waals surface area (Å²) < 4.78 is 5.27. The zero-order valence-corrected chi connectivity index (χ0v) is 7.09. The number of fused-ring (bicyclic) bond motifs is 1. The summed E-state index contributed by atoms with van der Waals surface area (Å²) in [6, 6.07) is 3.58. The molecular weight excluding hydrogens is 152 g/mol. The number of phenolic OH excluding ortho intramolecular Hbond substituents is 1. The number of benzene rings is 1. The van der Waals surface area contributed by atoms with Crippen molar-refractivity contribution >= 4 is 11.0 Å². The van der Waals surface area contributed by atoms with Crippen molar-refractivity contribution in [3.63, 3.8) is 0 Å². The molecule has 0 amide bonds. The average Bonchev–Trinajstić information content (AvgIpc) is 2.35. The standard InChI is InChI=1S/C10H10O2/c1-6-3-10-8(4-9(6)11)7(2)5-12-10/h3-5,11H,1-2H3. The summed E-state index contributed by atoms with van der Waals surface area (Å²) in [6.45, 7) is 3.81. The molecule has 1 heterocycles. The molecule has 0 aliphatic heterocycles. The monoisotopic (exact) mass is 162 g/mol. The van der Waals surface area contributed by atoms with Crippen molar-refractivity contribution in [3.05, 3.63) is 29.5 Å². The predicted molar refractivity (Wildman–Crippen MR) is 47.4 cm³/mol. The second kappa shape index (κ2) is 2.27. The van der Waals surface area contributed by atoms with E-state index in [1.807, 2.05) is 19.9 Å². The Labute approximate surface area is 70.4 Å². The summed E-state index contributed by atoms with van der Waals surface area (Å²) in [4.78, 5) is 0. The van der Waals surface area contributed by atoms with Crippen molar-refractivity contribution < 1.29 is 9.52 Å². The van der Waals surface area contributed by atoms with Gasteiger partial charge in [0.05, 0.1) is 6.26 Å². The van der Waals surface area contributed by atoms with Crippen LogP contribution in [0.25, 0.3) is 11.0 Å². The van der Waals surface area contributed by atoms with Crippen LogP contribution in [-0.4, -0.2) is 5.11 Å². The lowest BCUT2D eigenvalue weighted by atomic mass is 10.1. The van der Waals surface area contributed by atoms with E-state index in [0.29, 0.717) is 5.75 Å². The lowest BCUT2D eigenvalue weighted by Crippen LogP contribution is -1.74. The van der Waals surface area contributed by atoms with E-state index in [0.717, 1.165) is 22.1 Å². The Morgan fingerprint density at radius 1 is 1.17 bits per heavy atom. The molecule has 0 atom stereocenters. The van der Waals surface area contributed by atoms with Gasteiger partial charge in [-0.1, -0.05) is 0 Å². The van der Waals surface area contributed by atoms with Gasteiger partial charge in [-0.2, -0.15) is 0 Å². The van der Waals surface area contributed by atoms with E-state index in [1.54, 1.807) is 12.3 Å². The maximum Gasteiger partial charge on any atom is 0.134 e. The Bertz CT molecular complexity index is 427. The Hall–Kier alpha value is -1.44. The zero-order chi connectivity index (χ0) is 8.72. The van der Waals surface area contributed by atoms with E-state index in [2.05, 4.69) is 0 Å². The minimum absolute atomic E-state index is 0.326. The minimum atomic E-state index is 0.326. The van der Waals surface area contributed by atoms with Gasteiger partial charge < -0.3 is 9.52 Å². The van der Waals surface area contributed by atoms with Crippen LogP contribution in [0.15, 0.2) is 22.8 Å². The molecule has 2 rings (SSSR count). The first-order chi connectivity index (χ1) is 5.68. The third-order valence-corrected chi connectivity index (χ3v) is 2.09. The number of rotatable bonds is 0. The molecule has 1 aromatic heterocycles. The predicted octanol–water partition coefficient (Wildman–Crippen LogP) is 2.76. The number of aromatic hydroxyl groups is 1. The molecule has 0 radical (unpaired) electrons. The van der Waals surface area contributed by atoms with Gasteiger partial charge in [0.1, 0.15) is 11.3 Å². The molecule has 0 spiro atoms. The Kier molecular flexibility index (Phi) is 1.37. The second-order valence-electron chi connectivity index (χ2n) is 3.05. The summed E-state index contributed by atoms with van der Waals surface area (Å²) >= 11 is 0. The summed E-state index contributed by atoms with van der Waals surface area (Å²) in [5, 5.41) is 10.4. The van der Waals surface area contributed by atoms with Gasteiger partial charge in [-0.15, -0.1) is 0 Å². The van der Waals surface area contributed by atoms with Crippen LogP contribution in [0.2, 0.25) is 0 Å². The van der Waals surface area contributed by atoms with E-state index < -0.39 is 0 Å². The highest BCUT2D eigenvalue weighted by atomic mass is 16.3. The van der Waals surface area contributed by atoms with Crippen LogP contribution < -0.4 is 0 Å². The highest BCUT2D eigenvalue weighted by Crippen LogP contribution is 2.27. The Morgan fingerprint density at radius 2 is 1.92 bits per heavy atom. The highest BCUT2D eigenvalue weighted by molar-refractivity contribution is 5.83. The topological polar surface area (TPSA) is 33.4 Å². The van der Waals surface area contributed by atoms with Gasteiger partial charge in [0.25, 0.3) is 0 Å². The summed E-state index contributed by atoms with van der Waals surface area (Å²) in [7, 11) is 0. The van der Waals surface area contributed by atoms with Crippen LogP contribution >= 0.6 is 0 Å². The number of phenols is 1. The third-order valence-electron chi connectivity index (χ3n) is 2.09. The molecule has 0 saturated heterocycles. The number of hydrogen-bond donors (Lipinski definition) is 1. The van der Waals surface area contributed by atoms with Gasteiger partial charge in [0, 0.05) is 5.39 Å². The average molecular weight is 162 g/mol. The molecule has 0 unspecified atom stereocenters. The number of furan rings is 1. The van der Waals surface area contributed by atoms with Gasteiger partial charge in [-0.3, -0.25) is 0 Å². The molecule has 2 heteroatoms. The van der Waals surface area contributed by atoms with Crippen LogP contribution in [0.3, 0.4) is 0 Å². The zero-order valence-electron chi connectivity index (χ0n) is 7.09. The lowest BCUT2D eigenvalue weighted by Gasteiger charge is -1.97. The summed E-state index contributed by atoms with van der Waals surface area (Å²) in [5.41, 5.74) is 2.74. The molecule has 1 aromatic carbocycles. The van der Waals surface area contributed by atoms with E-state index in [9.17, 15) is 5.11 Å². The Morgan fingerprint density at radius 3 is 2.67 bits per heavy atom. The smallest absolute Gasteiger partial charge is 0.134 e. The molecule has 62 valence electrons. The fourth-order valence-electron chi connectivity index (χ4n) is 1.29. The molecule has 2 nitrogen and oxygen atoms in total. The van der Waals surface area contributed by atoms with Crippen molar-refractivity contribution in [2.45, 2.75) is 13.8 Å². The van der Waals surface area contributed by atoms with Gasteiger partial charge in [0.15, 0.2) is 0 Å². The normalized spacial score (nSPS) is 10.8. The molecule has 0 saturated carbocycles. The van der Waals surface area contributed by atoms with Gasteiger partial charge in [0.2, 0.25) is 0 Å². The fourth-order valence-corrected chi connectivity index (χ4v) is 1.29. The van der Waals surface area contributed by atoms with E-state index in [-0.39, 0.29) is 0 Å². The van der Waals surface area contributed by atoms with Crippen LogP contribution in [0.5, 0.6) is 5.75 Å². The maximum absolute atomic E-state index is 9.42. The van der Waals surface area contributed by atoms with Crippen molar-refractivity contribution in [2.75, 3.05) is 0 Å². The molecular formula is C10H10O2. The minimum Gasteiger partial charge on any atom is -0.508 e. The van der Waals surface area contributed by atoms with Crippen molar-refractivity contribution in [1.82, 2.24) is 0 Å². The molecule has 0 fully saturated rings.